The van der Waals surface area contributed by atoms with Crippen LogP contribution in [0.25, 0.3) is 0 Å². The van der Waals surface area contributed by atoms with Crippen molar-refractivity contribution in [3.63, 3.8) is 0 Å². The molecule has 0 spiro atoms. The van der Waals surface area contributed by atoms with Crippen molar-refractivity contribution in [1.29, 1.82) is 0 Å². The second-order valence-corrected chi connectivity index (χ2v) is 9.51. The van der Waals surface area contributed by atoms with Gasteiger partial charge in [0.1, 0.15) is 0 Å². The predicted octanol–water partition coefficient (Wildman–Crippen LogP) is 5.03. The number of likely N-dealkylation sites (tertiary alicyclic amines) is 1. The minimum absolute atomic E-state index is 0.0216. The molecule has 1 saturated heterocycles. The van der Waals surface area contributed by atoms with Crippen LogP contribution in [0.3, 0.4) is 0 Å². The average Bonchev–Trinajstić information content (AvgIpc) is 2.92. The molecule has 0 saturated carbocycles. The third kappa shape index (κ3) is 4.91. The highest BCUT2D eigenvalue weighted by molar-refractivity contribution is 5.81. The smallest absolute Gasteiger partial charge is 0.226 e. The second-order valence-electron chi connectivity index (χ2n) is 9.51. The lowest BCUT2D eigenvalue weighted by Gasteiger charge is -2.36. The summed E-state index contributed by atoms with van der Waals surface area (Å²) in [5.74, 6) is 0.500. The summed E-state index contributed by atoms with van der Waals surface area (Å²) in [5, 5.41) is 0. The Morgan fingerprint density at radius 1 is 0.706 bits per heavy atom. The first-order valence-corrected chi connectivity index (χ1v) is 12.4. The lowest BCUT2D eigenvalue weighted by atomic mass is 9.87. The van der Waals surface area contributed by atoms with Gasteiger partial charge in [-0.3, -0.25) is 9.59 Å². The number of benzene rings is 3. The molecule has 174 valence electrons. The number of fused-ring (bicyclic) bond motifs is 1. The fourth-order valence-electron chi connectivity index (χ4n) is 5.42. The second kappa shape index (κ2) is 10.3. The van der Waals surface area contributed by atoms with Crippen LogP contribution in [0, 0.1) is 5.92 Å². The van der Waals surface area contributed by atoms with Crippen molar-refractivity contribution in [2.45, 2.75) is 38.1 Å². The standard InChI is InChI=1S/C30H32N2O2/c33-29(21-28(24-10-3-1-4-11-24)25-12-5-2-6-13-25)31-18-16-26(17-19-31)30(34)32-20-15-23-9-7-8-14-27(23)22-32/h1-14,26,28H,15-22H2. The molecule has 4 heteroatoms. The number of hydrogen-bond donors (Lipinski definition) is 0. The normalized spacial score (nSPS) is 16.4. The zero-order valence-corrected chi connectivity index (χ0v) is 19.6. The Kier molecular flexibility index (Phi) is 6.75. The minimum atomic E-state index is 0.0216. The molecule has 4 nitrogen and oxygen atoms in total. The van der Waals surface area contributed by atoms with E-state index >= 15 is 0 Å². The number of hydrogen-bond acceptors (Lipinski definition) is 2. The van der Waals surface area contributed by atoms with Crippen molar-refractivity contribution in [3.8, 4) is 0 Å². The summed E-state index contributed by atoms with van der Waals surface area (Å²) in [7, 11) is 0. The molecule has 0 aliphatic carbocycles. The lowest BCUT2D eigenvalue weighted by Crippen LogP contribution is -2.45. The van der Waals surface area contributed by atoms with Crippen LogP contribution in [0.2, 0.25) is 0 Å². The third-order valence-corrected chi connectivity index (χ3v) is 7.42. The zero-order chi connectivity index (χ0) is 23.3. The summed E-state index contributed by atoms with van der Waals surface area (Å²) >= 11 is 0. The maximum atomic E-state index is 13.3. The Morgan fingerprint density at radius 3 is 1.88 bits per heavy atom. The number of piperidine rings is 1. The summed E-state index contributed by atoms with van der Waals surface area (Å²) in [6.45, 7) is 2.83. The van der Waals surface area contributed by atoms with E-state index in [9.17, 15) is 9.59 Å². The highest BCUT2D eigenvalue weighted by Crippen LogP contribution is 2.30. The molecule has 2 aliphatic heterocycles. The monoisotopic (exact) mass is 452 g/mol. The molecule has 0 unspecified atom stereocenters. The predicted molar refractivity (Wildman–Crippen MR) is 134 cm³/mol. The van der Waals surface area contributed by atoms with E-state index in [4.69, 9.17) is 0 Å². The number of carbonyl (C=O) groups is 2. The van der Waals surface area contributed by atoms with E-state index in [1.165, 1.54) is 11.1 Å². The minimum Gasteiger partial charge on any atom is -0.343 e. The van der Waals surface area contributed by atoms with E-state index in [2.05, 4.69) is 48.5 Å². The van der Waals surface area contributed by atoms with E-state index in [-0.39, 0.29) is 23.7 Å². The number of nitrogens with zero attached hydrogens (tertiary/aromatic N) is 2. The maximum absolute atomic E-state index is 13.3. The molecule has 2 amide bonds. The van der Waals surface area contributed by atoms with Crippen molar-refractivity contribution in [2.75, 3.05) is 19.6 Å². The summed E-state index contributed by atoms with van der Waals surface area (Å²) in [6.07, 6.45) is 2.89. The Bertz CT molecular complexity index is 1080. The van der Waals surface area contributed by atoms with Crippen LogP contribution < -0.4 is 0 Å². The van der Waals surface area contributed by atoms with Crippen molar-refractivity contribution >= 4 is 11.8 Å². The summed E-state index contributed by atoms with van der Waals surface area (Å²) < 4.78 is 0. The van der Waals surface area contributed by atoms with Crippen LogP contribution >= 0.6 is 0 Å². The van der Waals surface area contributed by atoms with Gasteiger partial charge in [-0.1, -0.05) is 84.9 Å². The highest BCUT2D eigenvalue weighted by atomic mass is 16.2. The molecular weight excluding hydrogens is 420 g/mol. The van der Waals surface area contributed by atoms with E-state index in [1.54, 1.807) is 0 Å². The van der Waals surface area contributed by atoms with Crippen LogP contribution in [0.15, 0.2) is 84.9 Å². The molecule has 1 fully saturated rings. The summed E-state index contributed by atoms with van der Waals surface area (Å²) in [4.78, 5) is 30.5. The molecule has 0 bridgehead atoms. The largest absolute Gasteiger partial charge is 0.343 e. The molecule has 3 aromatic rings. The zero-order valence-electron chi connectivity index (χ0n) is 19.6. The van der Waals surface area contributed by atoms with Gasteiger partial charge >= 0.3 is 0 Å². The van der Waals surface area contributed by atoms with Gasteiger partial charge in [0.2, 0.25) is 11.8 Å². The van der Waals surface area contributed by atoms with E-state index in [0.29, 0.717) is 26.1 Å². The van der Waals surface area contributed by atoms with Crippen molar-refractivity contribution in [1.82, 2.24) is 9.80 Å². The van der Waals surface area contributed by atoms with Gasteiger partial charge in [0.05, 0.1) is 0 Å². The fourth-order valence-corrected chi connectivity index (χ4v) is 5.42. The quantitative estimate of drug-likeness (QED) is 0.545. The van der Waals surface area contributed by atoms with Crippen molar-refractivity contribution < 1.29 is 9.59 Å². The first-order valence-electron chi connectivity index (χ1n) is 12.4. The van der Waals surface area contributed by atoms with Gasteiger partial charge in [-0.2, -0.15) is 0 Å². The van der Waals surface area contributed by atoms with Crippen LogP contribution in [-0.2, 0) is 22.6 Å². The van der Waals surface area contributed by atoms with Gasteiger partial charge in [-0.05, 0) is 41.5 Å². The van der Waals surface area contributed by atoms with Gasteiger partial charge in [-0.15, -0.1) is 0 Å². The van der Waals surface area contributed by atoms with Gasteiger partial charge in [0.25, 0.3) is 0 Å². The Morgan fingerprint density at radius 2 is 1.26 bits per heavy atom. The Labute approximate surface area is 202 Å². The van der Waals surface area contributed by atoms with Crippen molar-refractivity contribution in [3.05, 3.63) is 107 Å². The third-order valence-electron chi connectivity index (χ3n) is 7.42. The number of amides is 2. The SMILES string of the molecule is O=C(CC(c1ccccc1)c1ccccc1)N1CCC(C(=O)N2CCc3ccccc3C2)CC1. The Balaban J connectivity index is 1.20. The number of carbonyl (C=O) groups excluding carboxylic acids is 2. The fraction of sp³-hybridized carbons (Fsp3) is 0.333. The molecule has 2 aliphatic rings. The van der Waals surface area contributed by atoms with Gasteiger partial charge in [0, 0.05) is 44.4 Å². The molecule has 0 aromatic heterocycles. The van der Waals surface area contributed by atoms with E-state index in [1.807, 2.05) is 46.2 Å². The van der Waals surface area contributed by atoms with Gasteiger partial charge in [0.15, 0.2) is 0 Å². The van der Waals surface area contributed by atoms with Crippen LogP contribution in [-0.4, -0.2) is 41.2 Å². The molecule has 2 heterocycles. The average molecular weight is 453 g/mol. The number of rotatable bonds is 5. The molecular formula is C30H32N2O2. The molecule has 5 rings (SSSR count). The van der Waals surface area contributed by atoms with E-state index < -0.39 is 0 Å². The van der Waals surface area contributed by atoms with Crippen LogP contribution in [0.5, 0.6) is 0 Å². The molecule has 34 heavy (non-hydrogen) atoms. The topological polar surface area (TPSA) is 40.6 Å². The summed E-state index contributed by atoms with van der Waals surface area (Å²) in [6, 6.07) is 29.0. The van der Waals surface area contributed by atoms with Crippen LogP contribution in [0.4, 0.5) is 0 Å². The Hall–Kier alpha value is -3.40. The molecule has 0 atom stereocenters. The maximum Gasteiger partial charge on any atom is 0.226 e. The molecule has 3 aromatic carbocycles. The highest BCUT2D eigenvalue weighted by Gasteiger charge is 2.32. The molecule has 0 N–H and O–H groups in total. The molecule has 0 radical (unpaired) electrons. The first-order chi connectivity index (χ1) is 16.7. The van der Waals surface area contributed by atoms with Crippen LogP contribution in [0.1, 0.15) is 47.4 Å². The summed E-state index contributed by atoms with van der Waals surface area (Å²) in [5.41, 5.74) is 4.95. The first kappa shape index (κ1) is 22.4. The van der Waals surface area contributed by atoms with E-state index in [0.717, 1.165) is 36.9 Å². The van der Waals surface area contributed by atoms with Gasteiger partial charge in [-0.25, -0.2) is 0 Å². The van der Waals surface area contributed by atoms with Crippen molar-refractivity contribution in [2.24, 2.45) is 5.92 Å². The van der Waals surface area contributed by atoms with Gasteiger partial charge < -0.3 is 9.80 Å². The lowest BCUT2D eigenvalue weighted by molar-refractivity contribution is -0.141.